The topological polar surface area (TPSA) is 32.8 Å². The highest BCUT2D eigenvalue weighted by molar-refractivity contribution is 7.07. The van der Waals surface area contributed by atoms with E-state index in [4.69, 9.17) is 4.74 Å². The number of hydrogen-bond acceptors (Lipinski definition) is 4. The van der Waals surface area contributed by atoms with Crippen molar-refractivity contribution in [2.24, 2.45) is 11.8 Å². The molecule has 1 fully saturated rings. The van der Waals surface area contributed by atoms with Gasteiger partial charge < -0.3 is 9.64 Å². The normalized spacial score (nSPS) is 18.4. The standard InChI is InChI=1S/C28H33FN2O2S/c1-20(2)14-31(28(32)25-6-4-5-7-27(25)29)17-23-16-30(15-21-12-13-34-19-21)18-26(23)22-8-10-24(33-3)11-9-22/h4-13,19-20,23,26H,14-18H2,1-3H3. The number of carbonyl (C=O) groups excluding carboxylic acids is 1. The lowest BCUT2D eigenvalue weighted by molar-refractivity contribution is 0.0698. The highest BCUT2D eigenvalue weighted by Crippen LogP contribution is 2.35. The Morgan fingerprint density at radius 3 is 2.56 bits per heavy atom. The van der Waals surface area contributed by atoms with Crippen LogP contribution in [-0.2, 0) is 6.54 Å². The molecule has 2 atom stereocenters. The van der Waals surface area contributed by atoms with Gasteiger partial charge in [0.15, 0.2) is 0 Å². The molecule has 0 radical (unpaired) electrons. The van der Waals surface area contributed by atoms with Gasteiger partial charge in [0.1, 0.15) is 11.6 Å². The summed E-state index contributed by atoms with van der Waals surface area (Å²) < 4.78 is 19.8. The molecule has 6 heteroatoms. The fourth-order valence-corrected chi connectivity index (χ4v) is 5.57. The Balaban J connectivity index is 1.59. The molecule has 0 spiro atoms. The molecule has 2 heterocycles. The summed E-state index contributed by atoms with van der Waals surface area (Å²) in [4.78, 5) is 17.7. The molecular formula is C28H33FN2O2S. The van der Waals surface area contributed by atoms with Crippen LogP contribution in [0.3, 0.4) is 0 Å². The van der Waals surface area contributed by atoms with E-state index in [0.29, 0.717) is 19.0 Å². The third-order valence-electron chi connectivity index (χ3n) is 6.48. The van der Waals surface area contributed by atoms with Gasteiger partial charge in [-0.05, 0) is 64.1 Å². The summed E-state index contributed by atoms with van der Waals surface area (Å²) in [5.74, 6) is 0.979. The predicted octanol–water partition coefficient (Wildman–Crippen LogP) is 5.91. The van der Waals surface area contributed by atoms with Gasteiger partial charge >= 0.3 is 0 Å². The number of methoxy groups -OCH3 is 1. The van der Waals surface area contributed by atoms with E-state index in [9.17, 15) is 9.18 Å². The second kappa shape index (κ2) is 11.2. The van der Waals surface area contributed by atoms with Crippen LogP contribution in [0.4, 0.5) is 4.39 Å². The first-order valence-corrected chi connectivity index (χ1v) is 12.8. The van der Waals surface area contributed by atoms with Crippen molar-refractivity contribution in [1.29, 1.82) is 0 Å². The maximum Gasteiger partial charge on any atom is 0.256 e. The van der Waals surface area contributed by atoms with Crippen LogP contribution in [-0.4, -0.2) is 49.0 Å². The van der Waals surface area contributed by atoms with Crippen molar-refractivity contribution in [2.75, 3.05) is 33.3 Å². The van der Waals surface area contributed by atoms with Gasteiger partial charge in [0.25, 0.3) is 5.91 Å². The summed E-state index contributed by atoms with van der Waals surface area (Å²) in [6, 6.07) is 16.7. The van der Waals surface area contributed by atoms with E-state index in [1.54, 1.807) is 36.6 Å². The maximum absolute atomic E-state index is 14.5. The largest absolute Gasteiger partial charge is 0.497 e. The van der Waals surface area contributed by atoms with Crippen molar-refractivity contribution >= 4 is 17.2 Å². The molecule has 4 nitrogen and oxygen atoms in total. The Morgan fingerprint density at radius 1 is 1.15 bits per heavy atom. The third-order valence-corrected chi connectivity index (χ3v) is 7.21. The molecule has 1 aromatic heterocycles. The van der Waals surface area contributed by atoms with Crippen LogP contribution in [0.15, 0.2) is 65.4 Å². The average Bonchev–Trinajstić information content (AvgIpc) is 3.48. The van der Waals surface area contributed by atoms with Gasteiger partial charge in [0.2, 0.25) is 0 Å². The number of rotatable bonds is 9. The minimum absolute atomic E-state index is 0.150. The van der Waals surface area contributed by atoms with Crippen molar-refractivity contribution in [3.63, 3.8) is 0 Å². The number of thiophene rings is 1. The molecule has 0 bridgehead atoms. The summed E-state index contributed by atoms with van der Waals surface area (Å²) in [7, 11) is 1.67. The van der Waals surface area contributed by atoms with Crippen LogP contribution in [0.25, 0.3) is 0 Å². The molecule has 1 amide bonds. The van der Waals surface area contributed by atoms with Gasteiger partial charge in [0, 0.05) is 38.6 Å². The van der Waals surface area contributed by atoms with Crippen LogP contribution >= 0.6 is 11.3 Å². The molecule has 3 aromatic rings. The first kappa shape index (κ1) is 24.4. The van der Waals surface area contributed by atoms with Gasteiger partial charge in [-0.15, -0.1) is 0 Å². The zero-order chi connectivity index (χ0) is 24.1. The zero-order valence-electron chi connectivity index (χ0n) is 20.1. The van der Waals surface area contributed by atoms with Crippen molar-refractivity contribution < 1.29 is 13.9 Å². The summed E-state index contributed by atoms with van der Waals surface area (Å²) in [6.07, 6.45) is 0. The van der Waals surface area contributed by atoms with Gasteiger partial charge in [0.05, 0.1) is 12.7 Å². The lowest BCUT2D eigenvalue weighted by atomic mass is 9.88. The Bertz CT molecular complexity index is 1070. The molecule has 1 aliphatic heterocycles. The van der Waals surface area contributed by atoms with Crippen LogP contribution in [0.1, 0.15) is 41.3 Å². The van der Waals surface area contributed by atoms with Gasteiger partial charge in [-0.1, -0.05) is 38.1 Å². The number of amides is 1. The Morgan fingerprint density at radius 2 is 1.91 bits per heavy atom. The lowest BCUT2D eigenvalue weighted by Crippen LogP contribution is -2.40. The molecule has 1 aliphatic rings. The molecule has 2 aromatic carbocycles. The molecule has 4 rings (SSSR count). The van der Waals surface area contributed by atoms with Crippen molar-refractivity contribution in [3.05, 3.63) is 87.9 Å². The van der Waals surface area contributed by atoms with E-state index in [-0.39, 0.29) is 23.3 Å². The first-order chi connectivity index (χ1) is 16.4. The second-order valence-electron chi connectivity index (χ2n) is 9.55. The number of benzene rings is 2. The number of hydrogen-bond donors (Lipinski definition) is 0. The van der Waals surface area contributed by atoms with Crippen LogP contribution in [0.5, 0.6) is 5.75 Å². The molecule has 180 valence electrons. The zero-order valence-corrected chi connectivity index (χ0v) is 20.9. The maximum atomic E-state index is 14.5. The van der Waals surface area contributed by atoms with Crippen LogP contribution in [0.2, 0.25) is 0 Å². The van der Waals surface area contributed by atoms with Crippen LogP contribution < -0.4 is 4.74 Å². The number of nitrogens with zero attached hydrogens (tertiary/aromatic N) is 2. The number of ether oxygens (including phenoxy) is 1. The van der Waals surface area contributed by atoms with E-state index in [2.05, 4.69) is 47.7 Å². The quantitative estimate of drug-likeness (QED) is 0.382. The van der Waals surface area contributed by atoms with Crippen LogP contribution in [0, 0.1) is 17.7 Å². The monoisotopic (exact) mass is 480 g/mol. The highest BCUT2D eigenvalue weighted by atomic mass is 32.1. The number of halogens is 1. The molecule has 0 aliphatic carbocycles. The number of likely N-dealkylation sites (tertiary alicyclic amines) is 1. The Labute approximate surface area is 206 Å². The van der Waals surface area contributed by atoms with Crippen molar-refractivity contribution in [1.82, 2.24) is 9.80 Å². The predicted molar refractivity (Wildman–Crippen MR) is 136 cm³/mol. The van der Waals surface area contributed by atoms with Gasteiger partial charge in [-0.3, -0.25) is 9.69 Å². The fourth-order valence-electron chi connectivity index (χ4n) is 4.91. The van der Waals surface area contributed by atoms with E-state index in [1.807, 2.05) is 17.0 Å². The third kappa shape index (κ3) is 5.86. The molecule has 34 heavy (non-hydrogen) atoms. The molecular weight excluding hydrogens is 447 g/mol. The van der Waals surface area contributed by atoms with E-state index >= 15 is 0 Å². The summed E-state index contributed by atoms with van der Waals surface area (Å²) >= 11 is 1.72. The summed E-state index contributed by atoms with van der Waals surface area (Å²) in [5, 5.41) is 4.31. The molecule has 2 unspecified atom stereocenters. The fraction of sp³-hybridized carbons (Fsp3) is 0.393. The summed E-state index contributed by atoms with van der Waals surface area (Å²) in [6.45, 7) is 8.12. The Kier molecular flexibility index (Phi) is 8.01. The van der Waals surface area contributed by atoms with Gasteiger partial charge in [-0.2, -0.15) is 11.3 Å². The Hall–Kier alpha value is -2.70. The van der Waals surface area contributed by atoms with Crippen molar-refractivity contribution in [2.45, 2.75) is 26.3 Å². The van der Waals surface area contributed by atoms with E-state index in [1.165, 1.54) is 17.2 Å². The molecule has 0 N–H and O–H groups in total. The smallest absolute Gasteiger partial charge is 0.256 e. The SMILES string of the molecule is COc1ccc(C2CN(Cc3ccsc3)CC2CN(CC(C)C)C(=O)c2ccccc2F)cc1. The van der Waals surface area contributed by atoms with E-state index in [0.717, 1.165) is 25.4 Å². The second-order valence-corrected chi connectivity index (χ2v) is 10.3. The van der Waals surface area contributed by atoms with Gasteiger partial charge in [-0.25, -0.2) is 4.39 Å². The van der Waals surface area contributed by atoms with E-state index < -0.39 is 5.82 Å². The minimum Gasteiger partial charge on any atom is -0.497 e. The van der Waals surface area contributed by atoms with Crippen molar-refractivity contribution in [3.8, 4) is 5.75 Å². The average molecular weight is 481 g/mol. The first-order valence-electron chi connectivity index (χ1n) is 11.9. The highest BCUT2D eigenvalue weighted by Gasteiger charge is 2.36. The number of carbonyl (C=O) groups is 1. The summed E-state index contributed by atoms with van der Waals surface area (Å²) in [5.41, 5.74) is 2.72. The molecule has 1 saturated heterocycles. The minimum atomic E-state index is -0.460. The molecule has 0 saturated carbocycles. The lowest BCUT2D eigenvalue weighted by Gasteiger charge is -2.30.